The van der Waals surface area contributed by atoms with Gasteiger partial charge in [-0.05, 0) is 19.1 Å². The number of aromatic carboxylic acids is 1. The Morgan fingerprint density at radius 3 is 2.75 bits per heavy atom. The lowest BCUT2D eigenvalue weighted by molar-refractivity contribution is -0.0257. The second-order valence-electron chi connectivity index (χ2n) is 4.25. The summed E-state index contributed by atoms with van der Waals surface area (Å²) in [6.07, 6.45) is 0.627. The Morgan fingerprint density at radius 1 is 1.45 bits per heavy atom. The zero-order valence-electron chi connectivity index (χ0n) is 11.5. The summed E-state index contributed by atoms with van der Waals surface area (Å²) < 4.78 is 10.3. The highest BCUT2D eigenvalue weighted by molar-refractivity contribution is 7.99. The van der Waals surface area contributed by atoms with E-state index < -0.39 is 12.1 Å². The Balaban J connectivity index is 2.30. The highest BCUT2D eigenvalue weighted by Gasteiger charge is 2.10. The number of hydrogen-bond acceptors (Lipinski definition) is 6. The quantitative estimate of drug-likeness (QED) is 0.664. The summed E-state index contributed by atoms with van der Waals surface area (Å²) in [5.41, 5.74) is 0.145. The molecule has 0 saturated carbocycles. The predicted octanol–water partition coefficient (Wildman–Crippen LogP) is 1.28. The molecule has 2 unspecified atom stereocenters. The van der Waals surface area contributed by atoms with Crippen LogP contribution in [0.25, 0.3) is 0 Å². The van der Waals surface area contributed by atoms with Crippen LogP contribution in [0.3, 0.4) is 0 Å². The van der Waals surface area contributed by atoms with Crippen LogP contribution in [0.15, 0.2) is 23.4 Å². The van der Waals surface area contributed by atoms with E-state index in [2.05, 4.69) is 4.98 Å². The lowest BCUT2D eigenvalue weighted by Gasteiger charge is -2.15. The molecule has 0 radical (unpaired) electrons. The fourth-order valence-corrected chi connectivity index (χ4v) is 2.13. The molecule has 1 heterocycles. The molecule has 1 aromatic rings. The molecular formula is C13H19NO5S. The maximum Gasteiger partial charge on any atom is 0.337 e. The molecule has 0 amide bonds. The third kappa shape index (κ3) is 6.33. The monoisotopic (exact) mass is 301 g/mol. The molecule has 0 aliphatic heterocycles. The molecular weight excluding hydrogens is 282 g/mol. The topological polar surface area (TPSA) is 88.9 Å². The summed E-state index contributed by atoms with van der Waals surface area (Å²) in [4.78, 5) is 14.7. The molecule has 6 nitrogen and oxygen atoms in total. The molecule has 0 aliphatic rings. The SMILES string of the molecule is COCC(C)OCC(O)CSc1ccc(C(=O)O)cn1. The van der Waals surface area contributed by atoms with Gasteiger partial charge in [-0.2, -0.15) is 0 Å². The van der Waals surface area contributed by atoms with Gasteiger partial charge in [0.1, 0.15) is 0 Å². The van der Waals surface area contributed by atoms with Crippen molar-refractivity contribution in [3.8, 4) is 0 Å². The summed E-state index contributed by atoms with van der Waals surface area (Å²) >= 11 is 1.35. The largest absolute Gasteiger partial charge is 0.478 e. The van der Waals surface area contributed by atoms with Gasteiger partial charge in [-0.25, -0.2) is 9.78 Å². The van der Waals surface area contributed by atoms with Crippen molar-refractivity contribution in [2.75, 3.05) is 26.1 Å². The lowest BCUT2D eigenvalue weighted by atomic mass is 10.3. The highest BCUT2D eigenvalue weighted by Crippen LogP contribution is 2.16. The second kappa shape index (κ2) is 8.91. The summed E-state index contributed by atoms with van der Waals surface area (Å²) in [6.45, 7) is 2.58. The average Bonchev–Trinajstić information content (AvgIpc) is 2.43. The smallest absolute Gasteiger partial charge is 0.337 e. The lowest BCUT2D eigenvalue weighted by Crippen LogP contribution is -2.24. The van der Waals surface area contributed by atoms with Gasteiger partial charge in [0, 0.05) is 19.1 Å². The number of methoxy groups -OCH3 is 1. The first kappa shape index (κ1) is 16.9. The van der Waals surface area contributed by atoms with Crippen LogP contribution in [0.1, 0.15) is 17.3 Å². The van der Waals surface area contributed by atoms with Crippen LogP contribution in [0.4, 0.5) is 0 Å². The van der Waals surface area contributed by atoms with E-state index in [1.54, 1.807) is 13.2 Å². The van der Waals surface area contributed by atoms with Gasteiger partial charge in [0.05, 0.1) is 36.0 Å². The van der Waals surface area contributed by atoms with Crippen molar-refractivity contribution in [2.45, 2.75) is 24.2 Å². The van der Waals surface area contributed by atoms with Crippen LogP contribution in [-0.4, -0.2) is 59.5 Å². The van der Waals surface area contributed by atoms with Crippen LogP contribution in [-0.2, 0) is 9.47 Å². The molecule has 0 spiro atoms. The van der Waals surface area contributed by atoms with E-state index in [0.29, 0.717) is 17.4 Å². The minimum Gasteiger partial charge on any atom is -0.478 e. The van der Waals surface area contributed by atoms with Gasteiger partial charge < -0.3 is 19.7 Å². The Hall–Kier alpha value is -1.15. The van der Waals surface area contributed by atoms with E-state index in [0.717, 1.165) is 0 Å². The number of ether oxygens (including phenoxy) is 2. The first-order valence-corrected chi connectivity index (χ1v) is 7.12. The number of pyridine rings is 1. The Kier molecular flexibility index (Phi) is 7.53. The van der Waals surface area contributed by atoms with Gasteiger partial charge in [0.15, 0.2) is 0 Å². The fourth-order valence-electron chi connectivity index (χ4n) is 1.38. The Bertz CT molecular complexity index is 412. The molecule has 112 valence electrons. The molecule has 0 bridgehead atoms. The maximum absolute atomic E-state index is 10.7. The normalized spacial score (nSPS) is 13.9. The standard InChI is InChI=1S/C13H19NO5S/c1-9(6-18-2)19-7-11(15)8-20-12-4-3-10(5-14-12)13(16)17/h3-5,9,11,15H,6-8H2,1-2H3,(H,16,17). The zero-order chi connectivity index (χ0) is 15.0. The van der Waals surface area contributed by atoms with Crippen molar-refractivity contribution in [3.05, 3.63) is 23.9 Å². The van der Waals surface area contributed by atoms with Crippen molar-refractivity contribution in [1.82, 2.24) is 4.98 Å². The van der Waals surface area contributed by atoms with E-state index in [1.165, 1.54) is 24.0 Å². The molecule has 20 heavy (non-hydrogen) atoms. The van der Waals surface area contributed by atoms with Gasteiger partial charge >= 0.3 is 5.97 Å². The zero-order valence-corrected chi connectivity index (χ0v) is 12.3. The maximum atomic E-state index is 10.7. The van der Waals surface area contributed by atoms with E-state index in [1.807, 2.05) is 6.92 Å². The van der Waals surface area contributed by atoms with Gasteiger partial charge in [-0.1, -0.05) is 0 Å². The molecule has 2 atom stereocenters. The van der Waals surface area contributed by atoms with Crippen molar-refractivity contribution >= 4 is 17.7 Å². The van der Waals surface area contributed by atoms with Crippen molar-refractivity contribution in [1.29, 1.82) is 0 Å². The molecule has 7 heteroatoms. The molecule has 1 rings (SSSR count). The van der Waals surface area contributed by atoms with Crippen LogP contribution < -0.4 is 0 Å². The van der Waals surface area contributed by atoms with Gasteiger partial charge in [-0.3, -0.25) is 0 Å². The number of carboxylic acids is 1. The first-order chi connectivity index (χ1) is 9.52. The fraction of sp³-hybridized carbons (Fsp3) is 0.538. The van der Waals surface area contributed by atoms with E-state index in [9.17, 15) is 9.90 Å². The molecule has 0 aliphatic carbocycles. The molecule has 0 fully saturated rings. The Morgan fingerprint density at radius 2 is 2.20 bits per heavy atom. The Labute approximate surface area is 122 Å². The number of nitrogens with zero attached hydrogens (tertiary/aromatic N) is 1. The number of aromatic nitrogens is 1. The average molecular weight is 301 g/mol. The van der Waals surface area contributed by atoms with Crippen LogP contribution in [0, 0.1) is 0 Å². The van der Waals surface area contributed by atoms with Crippen LogP contribution in [0.5, 0.6) is 0 Å². The van der Waals surface area contributed by atoms with Crippen molar-refractivity contribution in [2.24, 2.45) is 0 Å². The van der Waals surface area contributed by atoms with Gasteiger partial charge in [0.2, 0.25) is 0 Å². The number of hydrogen-bond donors (Lipinski definition) is 2. The summed E-state index contributed by atoms with van der Waals surface area (Å²) in [7, 11) is 1.60. The summed E-state index contributed by atoms with van der Waals surface area (Å²) in [6, 6.07) is 3.11. The van der Waals surface area contributed by atoms with Gasteiger partial charge in [-0.15, -0.1) is 11.8 Å². The number of aliphatic hydroxyl groups is 1. The number of carbonyl (C=O) groups is 1. The predicted molar refractivity (Wildman–Crippen MR) is 75.2 cm³/mol. The van der Waals surface area contributed by atoms with Gasteiger partial charge in [0.25, 0.3) is 0 Å². The number of rotatable bonds is 9. The van der Waals surface area contributed by atoms with E-state index in [4.69, 9.17) is 14.6 Å². The third-order valence-corrected chi connectivity index (χ3v) is 3.47. The number of carboxylic acid groups (broad SMARTS) is 1. The van der Waals surface area contributed by atoms with Crippen LogP contribution in [0.2, 0.25) is 0 Å². The molecule has 1 aromatic heterocycles. The number of aliphatic hydroxyl groups excluding tert-OH is 1. The van der Waals surface area contributed by atoms with Crippen molar-refractivity contribution in [3.63, 3.8) is 0 Å². The second-order valence-corrected chi connectivity index (χ2v) is 5.29. The summed E-state index contributed by atoms with van der Waals surface area (Å²) in [5.74, 6) is -0.575. The molecule has 0 saturated heterocycles. The minimum atomic E-state index is -1.00. The minimum absolute atomic E-state index is 0.0624. The third-order valence-electron chi connectivity index (χ3n) is 2.38. The molecule has 0 aromatic carbocycles. The molecule has 2 N–H and O–H groups in total. The van der Waals surface area contributed by atoms with E-state index in [-0.39, 0.29) is 18.3 Å². The first-order valence-electron chi connectivity index (χ1n) is 6.13. The number of thioether (sulfide) groups is 1. The van der Waals surface area contributed by atoms with E-state index >= 15 is 0 Å². The van der Waals surface area contributed by atoms with Crippen LogP contribution >= 0.6 is 11.8 Å². The van der Waals surface area contributed by atoms with Crippen molar-refractivity contribution < 1.29 is 24.5 Å². The highest BCUT2D eigenvalue weighted by atomic mass is 32.2. The summed E-state index contributed by atoms with van der Waals surface area (Å²) in [5, 5.41) is 19.2.